The molecule has 0 aromatic heterocycles. The Hall–Kier alpha value is -1.60. The zero-order valence-corrected chi connectivity index (χ0v) is 11.0. The Morgan fingerprint density at radius 2 is 2.11 bits per heavy atom. The van der Waals surface area contributed by atoms with Gasteiger partial charge in [-0.1, -0.05) is 13.0 Å². The van der Waals surface area contributed by atoms with Gasteiger partial charge in [-0.25, -0.2) is 13.1 Å². The minimum Gasteiger partial charge on any atom is -0.399 e. The number of rotatable bonds is 6. The fourth-order valence-electron chi connectivity index (χ4n) is 1.37. The first kappa shape index (κ1) is 14.5. The number of carbonyl (C=O) groups excluding carboxylic acids is 1. The van der Waals surface area contributed by atoms with Gasteiger partial charge in [-0.05, 0) is 18.2 Å². The van der Waals surface area contributed by atoms with Crippen LogP contribution in [0.1, 0.15) is 17.3 Å². The highest BCUT2D eigenvalue weighted by Gasteiger charge is 2.10. The molecule has 0 spiro atoms. The molecule has 0 unspecified atom stereocenters. The molecule has 0 radical (unpaired) electrons. The molecule has 0 saturated carbocycles. The number of carbonyl (C=O) groups is 1. The van der Waals surface area contributed by atoms with Crippen LogP contribution in [-0.2, 0) is 10.0 Å². The van der Waals surface area contributed by atoms with E-state index >= 15 is 0 Å². The molecule has 0 fully saturated rings. The fraction of sp³-hybridized carbons (Fsp3) is 0.364. The summed E-state index contributed by atoms with van der Waals surface area (Å²) in [6, 6.07) is 6.49. The number of sulfonamides is 1. The van der Waals surface area contributed by atoms with Crippen molar-refractivity contribution in [2.75, 3.05) is 24.6 Å². The van der Waals surface area contributed by atoms with E-state index in [0.29, 0.717) is 17.8 Å². The number of nitrogens with one attached hydrogen (secondary N) is 2. The summed E-state index contributed by atoms with van der Waals surface area (Å²) in [4.78, 5) is 11.7. The van der Waals surface area contributed by atoms with Crippen LogP contribution in [0.15, 0.2) is 24.3 Å². The largest absolute Gasteiger partial charge is 0.399 e. The summed E-state index contributed by atoms with van der Waals surface area (Å²) in [5.41, 5.74) is 6.45. The highest BCUT2D eigenvalue weighted by molar-refractivity contribution is 7.89. The van der Waals surface area contributed by atoms with Gasteiger partial charge in [0.25, 0.3) is 5.91 Å². The van der Waals surface area contributed by atoms with Gasteiger partial charge in [-0.3, -0.25) is 4.79 Å². The van der Waals surface area contributed by atoms with Crippen molar-refractivity contribution in [2.24, 2.45) is 0 Å². The lowest BCUT2D eigenvalue weighted by Gasteiger charge is -2.07. The second kappa shape index (κ2) is 6.36. The Morgan fingerprint density at radius 3 is 2.72 bits per heavy atom. The maximum atomic E-state index is 11.7. The van der Waals surface area contributed by atoms with Crippen LogP contribution in [0.4, 0.5) is 5.69 Å². The number of amides is 1. The van der Waals surface area contributed by atoms with Crippen LogP contribution >= 0.6 is 0 Å². The molecule has 0 heterocycles. The van der Waals surface area contributed by atoms with Crippen LogP contribution in [0, 0.1) is 0 Å². The Labute approximate surface area is 107 Å². The van der Waals surface area contributed by atoms with Crippen LogP contribution in [-0.4, -0.2) is 33.2 Å². The molecule has 0 aliphatic rings. The molecule has 0 aliphatic heterocycles. The van der Waals surface area contributed by atoms with Crippen molar-refractivity contribution in [1.29, 1.82) is 0 Å². The second-order valence-electron chi connectivity index (χ2n) is 3.70. The van der Waals surface area contributed by atoms with Gasteiger partial charge in [-0.15, -0.1) is 0 Å². The molecular formula is C11H17N3O3S. The summed E-state index contributed by atoms with van der Waals surface area (Å²) in [5, 5.41) is 2.53. The molecule has 0 aliphatic carbocycles. The minimum atomic E-state index is -3.31. The van der Waals surface area contributed by atoms with Crippen LogP contribution in [0.2, 0.25) is 0 Å². The molecule has 4 N–H and O–H groups in total. The lowest BCUT2D eigenvalue weighted by molar-refractivity contribution is 0.0956. The number of hydrogen-bond acceptors (Lipinski definition) is 4. The van der Waals surface area contributed by atoms with Gasteiger partial charge >= 0.3 is 0 Å². The summed E-state index contributed by atoms with van der Waals surface area (Å²) in [5.74, 6) is -0.483. The van der Waals surface area contributed by atoms with Gasteiger partial charge in [0.1, 0.15) is 0 Å². The summed E-state index contributed by atoms with van der Waals surface area (Å²) < 4.78 is 25.0. The molecule has 1 rings (SSSR count). The molecule has 100 valence electrons. The number of benzene rings is 1. The van der Waals surface area contributed by atoms with Gasteiger partial charge in [0, 0.05) is 24.3 Å². The number of nitrogens with two attached hydrogens (primary N) is 1. The molecule has 7 heteroatoms. The van der Waals surface area contributed by atoms with Crippen molar-refractivity contribution in [3.05, 3.63) is 29.8 Å². The molecule has 18 heavy (non-hydrogen) atoms. The van der Waals surface area contributed by atoms with E-state index in [1.807, 2.05) is 0 Å². The van der Waals surface area contributed by atoms with Gasteiger partial charge in [0.05, 0.1) is 5.75 Å². The molecule has 1 amide bonds. The highest BCUT2D eigenvalue weighted by Crippen LogP contribution is 2.05. The highest BCUT2D eigenvalue weighted by atomic mass is 32.2. The third kappa shape index (κ3) is 4.72. The first-order valence-corrected chi connectivity index (χ1v) is 7.21. The zero-order valence-electron chi connectivity index (χ0n) is 10.1. The maximum absolute atomic E-state index is 11.7. The average molecular weight is 271 g/mol. The Morgan fingerprint density at radius 1 is 1.39 bits per heavy atom. The zero-order chi connectivity index (χ0) is 13.6. The van der Waals surface area contributed by atoms with E-state index in [1.54, 1.807) is 25.1 Å². The quantitative estimate of drug-likeness (QED) is 0.631. The fourth-order valence-corrected chi connectivity index (χ4v) is 2.33. The van der Waals surface area contributed by atoms with Crippen LogP contribution in [0.3, 0.4) is 0 Å². The summed E-state index contributed by atoms with van der Waals surface area (Å²) in [7, 11) is -3.31. The van der Waals surface area contributed by atoms with Gasteiger partial charge in [0.2, 0.25) is 10.0 Å². The second-order valence-corrected chi connectivity index (χ2v) is 5.62. The molecular weight excluding hydrogens is 254 g/mol. The standard InChI is InChI=1S/C11H17N3O3S/c1-2-14-18(16,17)7-6-13-11(15)9-4-3-5-10(12)8-9/h3-5,8,14H,2,6-7,12H2,1H3,(H,13,15). The lowest BCUT2D eigenvalue weighted by Crippen LogP contribution is -2.34. The van der Waals surface area contributed by atoms with E-state index in [9.17, 15) is 13.2 Å². The first-order chi connectivity index (χ1) is 8.44. The smallest absolute Gasteiger partial charge is 0.251 e. The molecule has 1 aromatic rings. The number of anilines is 1. The first-order valence-electron chi connectivity index (χ1n) is 5.55. The summed E-state index contributed by atoms with van der Waals surface area (Å²) in [6.45, 7) is 2.09. The predicted octanol–water partition coefficient (Wildman–Crippen LogP) is -0.0621. The van der Waals surface area contributed by atoms with E-state index in [4.69, 9.17) is 5.73 Å². The van der Waals surface area contributed by atoms with Crippen molar-refractivity contribution in [2.45, 2.75) is 6.92 Å². The molecule has 0 bridgehead atoms. The number of hydrogen-bond donors (Lipinski definition) is 3. The van der Waals surface area contributed by atoms with Crippen molar-refractivity contribution in [3.8, 4) is 0 Å². The van der Waals surface area contributed by atoms with Gasteiger partial charge < -0.3 is 11.1 Å². The van der Waals surface area contributed by atoms with E-state index in [0.717, 1.165) is 0 Å². The van der Waals surface area contributed by atoms with E-state index < -0.39 is 10.0 Å². The van der Waals surface area contributed by atoms with Crippen molar-refractivity contribution < 1.29 is 13.2 Å². The maximum Gasteiger partial charge on any atom is 0.251 e. The summed E-state index contributed by atoms with van der Waals surface area (Å²) >= 11 is 0. The van der Waals surface area contributed by atoms with Crippen molar-refractivity contribution in [1.82, 2.24) is 10.0 Å². The monoisotopic (exact) mass is 271 g/mol. The van der Waals surface area contributed by atoms with Crippen LogP contribution < -0.4 is 15.8 Å². The van der Waals surface area contributed by atoms with Gasteiger partial charge in [-0.2, -0.15) is 0 Å². The third-order valence-electron chi connectivity index (χ3n) is 2.17. The number of nitrogen functional groups attached to an aromatic ring is 1. The van der Waals surface area contributed by atoms with Gasteiger partial charge in [0.15, 0.2) is 0 Å². The van der Waals surface area contributed by atoms with Crippen molar-refractivity contribution in [3.63, 3.8) is 0 Å². The lowest BCUT2D eigenvalue weighted by atomic mass is 10.2. The Kier molecular flexibility index (Phi) is 5.11. The summed E-state index contributed by atoms with van der Waals surface area (Å²) in [6.07, 6.45) is 0. The van der Waals surface area contributed by atoms with Crippen molar-refractivity contribution >= 4 is 21.6 Å². The van der Waals surface area contributed by atoms with Crippen LogP contribution in [0.5, 0.6) is 0 Å². The predicted molar refractivity (Wildman–Crippen MR) is 70.7 cm³/mol. The average Bonchev–Trinajstić information content (AvgIpc) is 2.28. The Balaban J connectivity index is 2.48. The Bertz CT molecular complexity index is 514. The SMILES string of the molecule is CCNS(=O)(=O)CCNC(=O)c1cccc(N)c1. The third-order valence-corrected chi connectivity index (χ3v) is 3.64. The molecule has 1 aromatic carbocycles. The topological polar surface area (TPSA) is 101 Å². The van der Waals surface area contributed by atoms with E-state index in [-0.39, 0.29) is 18.2 Å². The molecule has 0 atom stereocenters. The van der Waals surface area contributed by atoms with Crippen LogP contribution in [0.25, 0.3) is 0 Å². The normalized spacial score (nSPS) is 11.2. The van der Waals surface area contributed by atoms with E-state index in [1.165, 1.54) is 6.07 Å². The minimum absolute atomic E-state index is 0.0585. The molecule has 0 saturated heterocycles. The molecule has 6 nitrogen and oxygen atoms in total. The van der Waals surface area contributed by atoms with E-state index in [2.05, 4.69) is 10.0 Å².